The van der Waals surface area contributed by atoms with Crippen molar-refractivity contribution < 1.29 is 18.6 Å². The lowest BCUT2D eigenvalue weighted by Gasteiger charge is -2.07. The quantitative estimate of drug-likeness (QED) is 0.563. The van der Waals surface area contributed by atoms with E-state index < -0.39 is 16.4 Å². The minimum absolute atomic E-state index is 0.0526. The smallest absolute Gasteiger partial charge is 0.180 e. The van der Waals surface area contributed by atoms with Crippen molar-refractivity contribution in [3.05, 3.63) is 42.5 Å². The molecule has 0 radical (unpaired) electrons. The van der Waals surface area contributed by atoms with Crippen LogP contribution >= 0.6 is 0 Å². The molecule has 3 rings (SSSR count). The second-order valence-electron chi connectivity index (χ2n) is 5.39. The van der Waals surface area contributed by atoms with Gasteiger partial charge in [-0.2, -0.15) is 0 Å². The van der Waals surface area contributed by atoms with Gasteiger partial charge in [-0.1, -0.05) is 5.21 Å². The Balaban J connectivity index is 1.93. The van der Waals surface area contributed by atoms with Crippen molar-refractivity contribution >= 4 is 26.6 Å². The summed E-state index contributed by atoms with van der Waals surface area (Å²) in [7, 11) is -3.53. The van der Waals surface area contributed by atoms with E-state index in [2.05, 4.69) is 15.6 Å². The van der Waals surface area contributed by atoms with E-state index in [0.717, 1.165) is 11.4 Å². The maximum atomic E-state index is 12.0. The number of sulfone groups is 1. The van der Waals surface area contributed by atoms with E-state index in [0.29, 0.717) is 17.6 Å². The third-order valence-corrected chi connectivity index (χ3v) is 5.38. The number of aliphatic hydroxyl groups is 2. The zero-order valence-electron chi connectivity index (χ0n) is 13.3. The number of benzene rings is 2. The minimum Gasteiger partial charge on any atom is -0.395 e. The van der Waals surface area contributed by atoms with Crippen molar-refractivity contribution in [2.24, 2.45) is 0 Å². The summed E-state index contributed by atoms with van der Waals surface area (Å²) in [5.74, 6) is -0.324. The fourth-order valence-electron chi connectivity index (χ4n) is 2.45. The van der Waals surface area contributed by atoms with E-state index >= 15 is 0 Å². The Bertz CT molecular complexity index is 967. The highest BCUT2D eigenvalue weighted by atomic mass is 32.2. The number of aliphatic hydroxyl groups excluding tert-OH is 2. The molecule has 9 heteroatoms. The zero-order valence-corrected chi connectivity index (χ0v) is 14.1. The molecule has 0 saturated heterocycles. The largest absolute Gasteiger partial charge is 0.395 e. The van der Waals surface area contributed by atoms with Crippen molar-refractivity contribution in [1.29, 1.82) is 0 Å². The van der Waals surface area contributed by atoms with Crippen LogP contribution in [0.4, 0.5) is 5.69 Å². The number of anilines is 1. The number of nitrogens with one attached hydrogen (secondary N) is 1. The van der Waals surface area contributed by atoms with E-state index in [-0.39, 0.29) is 17.3 Å². The fraction of sp³-hybridized carbons (Fsp3) is 0.250. The highest BCUT2D eigenvalue weighted by Gasteiger charge is 2.16. The normalized spacial score (nSPS) is 11.8. The molecule has 0 fully saturated rings. The van der Waals surface area contributed by atoms with Crippen LogP contribution in [-0.4, -0.2) is 59.1 Å². The molecule has 8 nitrogen and oxygen atoms in total. The highest BCUT2D eigenvalue weighted by Crippen LogP contribution is 2.21. The molecule has 1 aromatic heterocycles. The van der Waals surface area contributed by atoms with E-state index in [9.17, 15) is 8.42 Å². The van der Waals surface area contributed by atoms with Crippen LogP contribution in [0.1, 0.15) is 0 Å². The van der Waals surface area contributed by atoms with Crippen molar-refractivity contribution in [2.75, 3.05) is 30.8 Å². The second-order valence-corrected chi connectivity index (χ2v) is 7.50. The molecule has 0 unspecified atom stereocenters. The van der Waals surface area contributed by atoms with Gasteiger partial charge < -0.3 is 15.5 Å². The third kappa shape index (κ3) is 3.63. The molecule has 3 aromatic rings. The number of fused-ring (bicyclic) bond motifs is 1. The molecule has 0 atom stereocenters. The molecular formula is C16H18N4O4S. The predicted molar refractivity (Wildman–Crippen MR) is 93.6 cm³/mol. The van der Waals surface area contributed by atoms with Crippen LogP contribution in [0.3, 0.4) is 0 Å². The molecule has 0 bridgehead atoms. The van der Waals surface area contributed by atoms with Gasteiger partial charge in [0.05, 0.1) is 35.1 Å². The molecule has 0 aliphatic rings. The number of hydrogen-bond donors (Lipinski definition) is 3. The summed E-state index contributed by atoms with van der Waals surface area (Å²) >= 11 is 0. The Morgan fingerprint density at radius 1 is 1.04 bits per heavy atom. The van der Waals surface area contributed by atoms with Crippen LogP contribution in [0.2, 0.25) is 0 Å². The Morgan fingerprint density at radius 3 is 2.48 bits per heavy atom. The van der Waals surface area contributed by atoms with Gasteiger partial charge in [0.25, 0.3) is 0 Å². The van der Waals surface area contributed by atoms with E-state index in [1.165, 1.54) is 12.1 Å². The van der Waals surface area contributed by atoms with Gasteiger partial charge in [-0.25, -0.2) is 13.1 Å². The molecule has 0 aliphatic carbocycles. The summed E-state index contributed by atoms with van der Waals surface area (Å²) in [5.41, 5.74) is 2.79. The van der Waals surface area contributed by atoms with Crippen LogP contribution in [0.25, 0.3) is 16.7 Å². The first-order valence-corrected chi connectivity index (χ1v) is 9.34. The van der Waals surface area contributed by atoms with Crippen molar-refractivity contribution in [3.63, 3.8) is 0 Å². The summed E-state index contributed by atoms with van der Waals surface area (Å²) in [6, 6.07) is 12.0. The maximum Gasteiger partial charge on any atom is 0.180 e. The summed E-state index contributed by atoms with van der Waals surface area (Å²) in [4.78, 5) is 0.115. The van der Waals surface area contributed by atoms with Crippen molar-refractivity contribution in [1.82, 2.24) is 15.0 Å². The summed E-state index contributed by atoms with van der Waals surface area (Å²) in [5, 5.41) is 28.9. The van der Waals surface area contributed by atoms with Gasteiger partial charge in [-0.05, 0) is 42.5 Å². The minimum atomic E-state index is -3.53. The summed E-state index contributed by atoms with van der Waals surface area (Å²) in [6.45, 7) is 0.0947. The topological polar surface area (TPSA) is 117 Å². The standard InChI is InChI=1S/C16H18N4O4S/c21-8-7-17-12-1-3-13(4-2-12)20-16-6-5-14(11-15(16)18-19-20)25(23,24)10-9-22/h1-6,11,17,21-22H,7-10H2. The second kappa shape index (κ2) is 7.18. The number of nitrogens with zero attached hydrogens (tertiary/aromatic N) is 3. The zero-order chi connectivity index (χ0) is 17.9. The third-order valence-electron chi connectivity index (χ3n) is 3.69. The van der Waals surface area contributed by atoms with Gasteiger partial charge in [0.1, 0.15) is 5.52 Å². The average molecular weight is 362 g/mol. The predicted octanol–water partition coefficient (Wildman–Crippen LogP) is 0.591. The van der Waals surface area contributed by atoms with Gasteiger partial charge in [0, 0.05) is 12.2 Å². The lowest BCUT2D eigenvalue weighted by atomic mass is 10.2. The summed E-state index contributed by atoms with van der Waals surface area (Å²) in [6.07, 6.45) is 0. The number of rotatable bonds is 7. The highest BCUT2D eigenvalue weighted by molar-refractivity contribution is 7.91. The molecule has 0 saturated carbocycles. The molecule has 0 aliphatic heterocycles. The van der Waals surface area contributed by atoms with Crippen molar-refractivity contribution in [2.45, 2.75) is 4.90 Å². The molecule has 132 valence electrons. The molecule has 1 heterocycles. The Labute approximate surface area is 144 Å². The van der Waals surface area contributed by atoms with E-state index in [1.54, 1.807) is 10.7 Å². The first-order chi connectivity index (χ1) is 12.0. The first-order valence-electron chi connectivity index (χ1n) is 7.69. The monoisotopic (exact) mass is 362 g/mol. The molecule has 25 heavy (non-hydrogen) atoms. The molecular weight excluding hydrogens is 344 g/mol. The van der Waals surface area contributed by atoms with Gasteiger partial charge in [-0.15, -0.1) is 5.10 Å². The summed E-state index contributed by atoms with van der Waals surface area (Å²) < 4.78 is 25.7. The lowest BCUT2D eigenvalue weighted by Crippen LogP contribution is -2.09. The maximum absolute atomic E-state index is 12.0. The first kappa shape index (κ1) is 17.3. The van der Waals surface area contributed by atoms with Gasteiger partial charge >= 0.3 is 0 Å². The van der Waals surface area contributed by atoms with Crippen LogP contribution < -0.4 is 5.32 Å². The molecule has 2 aromatic carbocycles. The number of aromatic nitrogens is 3. The fourth-order valence-corrected chi connectivity index (χ4v) is 3.49. The van der Waals surface area contributed by atoms with Crippen molar-refractivity contribution in [3.8, 4) is 5.69 Å². The Morgan fingerprint density at radius 2 is 1.80 bits per heavy atom. The molecule has 0 spiro atoms. The van der Waals surface area contributed by atoms with E-state index in [4.69, 9.17) is 10.2 Å². The van der Waals surface area contributed by atoms with Crippen LogP contribution in [0.15, 0.2) is 47.4 Å². The molecule has 3 N–H and O–H groups in total. The van der Waals surface area contributed by atoms with Gasteiger partial charge in [0.15, 0.2) is 9.84 Å². The molecule has 0 amide bonds. The van der Waals surface area contributed by atoms with Crippen LogP contribution in [0.5, 0.6) is 0 Å². The van der Waals surface area contributed by atoms with Crippen LogP contribution in [-0.2, 0) is 9.84 Å². The SMILES string of the molecule is O=S(=O)(CCO)c1ccc2c(c1)nnn2-c1ccc(NCCO)cc1. The average Bonchev–Trinajstić information content (AvgIpc) is 3.03. The van der Waals surface area contributed by atoms with E-state index in [1.807, 2.05) is 24.3 Å². The Kier molecular flexibility index (Phi) is 4.98. The lowest BCUT2D eigenvalue weighted by molar-refractivity contribution is 0.311. The van der Waals surface area contributed by atoms with Gasteiger partial charge in [-0.3, -0.25) is 0 Å². The van der Waals surface area contributed by atoms with Crippen LogP contribution in [0, 0.1) is 0 Å². The van der Waals surface area contributed by atoms with Gasteiger partial charge in [0.2, 0.25) is 0 Å². The number of hydrogen-bond acceptors (Lipinski definition) is 7. The Hall–Kier alpha value is -2.49.